The van der Waals surface area contributed by atoms with E-state index in [1.54, 1.807) is 19.2 Å². The van der Waals surface area contributed by atoms with Gasteiger partial charge in [0, 0.05) is 38.4 Å². The van der Waals surface area contributed by atoms with Crippen LogP contribution in [0.15, 0.2) is 36.7 Å². The molecule has 0 spiro atoms. The van der Waals surface area contributed by atoms with Gasteiger partial charge in [0.2, 0.25) is 5.91 Å². The number of amides is 1. The van der Waals surface area contributed by atoms with Crippen LogP contribution >= 0.6 is 0 Å². The molecule has 1 aliphatic rings. The van der Waals surface area contributed by atoms with Crippen LogP contribution in [0.5, 0.6) is 0 Å². The zero-order chi connectivity index (χ0) is 20.9. The molecule has 1 fully saturated rings. The second-order valence-corrected chi connectivity index (χ2v) is 7.61. The summed E-state index contributed by atoms with van der Waals surface area (Å²) in [7, 11) is 0. The van der Waals surface area contributed by atoms with Crippen molar-refractivity contribution in [2.75, 3.05) is 19.7 Å². The molecule has 0 unspecified atom stereocenters. The normalized spacial score (nSPS) is 15.9. The lowest BCUT2D eigenvalue weighted by molar-refractivity contribution is -0.160. The van der Waals surface area contributed by atoms with Crippen LogP contribution in [0, 0.1) is 18.2 Å². The van der Waals surface area contributed by atoms with E-state index in [2.05, 4.69) is 4.98 Å². The van der Waals surface area contributed by atoms with Gasteiger partial charge in [-0.3, -0.25) is 9.59 Å². The third-order valence-corrected chi connectivity index (χ3v) is 5.70. The number of aromatic nitrogens is 2. The first-order valence-electron chi connectivity index (χ1n) is 10.1. The molecule has 2 heterocycles. The molecule has 2 aromatic rings. The first-order valence-corrected chi connectivity index (χ1v) is 10.1. The van der Waals surface area contributed by atoms with Gasteiger partial charge < -0.3 is 14.2 Å². The van der Waals surface area contributed by atoms with Crippen LogP contribution in [0.25, 0.3) is 0 Å². The Bertz CT molecular complexity index is 856. The minimum Gasteiger partial charge on any atom is -0.466 e. The van der Waals surface area contributed by atoms with Crippen molar-refractivity contribution in [1.29, 1.82) is 0 Å². The summed E-state index contributed by atoms with van der Waals surface area (Å²) in [5.41, 5.74) is 0.0510. The van der Waals surface area contributed by atoms with Crippen LogP contribution in [0.3, 0.4) is 0 Å². The molecular formula is C22H28FN3O3. The van der Waals surface area contributed by atoms with Crippen LogP contribution in [0.1, 0.15) is 37.6 Å². The first-order chi connectivity index (χ1) is 13.9. The number of aryl methyl sites for hydroxylation is 2. The van der Waals surface area contributed by atoms with E-state index >= 15 is 0 Å². The number of benzene rings is 1. The van der Waals surface area contributed by atoms with Gasteiger partial charge in [0.15, 0.2) is 0 Å². The molecule has 0 bridgehead atoms. The van der Waals surface area contributed by atoms with Crippen LogP contribution in [-0.4, -0.2) is 46.0 Å². The predicted molar refractivity (Wildman–Crippen MR) is 107 cm³/mol. The fourth-order valence-electron chi connectivity index (χ4n) is 3.97. The highest BCUT2D eigenvalue weighted by Crippen LogP contribution is 2.37. The van der Waals surface area contributed by atoms with Crippen LogP contribution in [0.4, 0.5) is 4.39 Å². The first kappa shape index (κ1) is 21.0. The van der Waals surface area contributed by atoms with E-state index in [4.69, 9.17) is 4.74 Å². The number of hydrogen-bond acceptors (Lipinski definition) is 4. The fraction of sp³-hybridized carbons (Fsp3) is 0.500. The number of carbonyl (C=O) groups is 2. The number of likely N-dealkylation sites (tertiary alicyclic amines) is 1. The number of rotatable bonds is 7. The second kappa shape index (κ2) is 9.20. The summed E-state index contributed by atoms with van der Waals surface area (Å²) >= 11 is 0. The maximum atomic E-state index is 13.6. The number of esters is 1. The second-order valence-electron chi connectivity index (χ2n) is 7.61. The summed E-state index contributed by atoms with van der Waals surface area (Å²) < 4.78 is 20.9. The summed E-state index contributed by atoms with van der Waals surface area (Å²) in [6.07, 6.45) is 5.42. The number of hydrogen-bond donors (Lipinski definition) is 0. The van der Waals surface area contributed by atoms with Crippen LogP contribution in [-0.2, 0) is 27.3 Å². The van der Waals surface area contributed by atoms with E-state index in [0.717, 1.165) is 11.4 Å². The summed E-state index contributed by atoms with van der Waals surface area (Å²) in [6.45, 7) is 5.58. The topological polar surface area (TPSA) is 64.4 Å². The molecule has 1 aliphatic heterocycles. The molecule has 1 aromatic heterocycles. The molecule has 29 heavy (non-hydrogen) atoms. The SMILES string of the molecule is CCOC(=O)C1(Cc2cccc(F)c2)CCN(C(=O)CCn2ccnc2C)CC1. The number of carbonyl (C=O) groups excluding carboxylic acids is 2. The summed E-state index contributed by atoms with van der Waals surface area (Å²) in [5, 5.41) is 0. The largest absolute Gasteiger partial charge is 0.466 e. The quantitative estimate of drug-likeness (QED) is 0.669. The number of nitrogens with zero attached hydrogens (tertiary/aromatic N) is 3. The third kappa shape index (κ3) is 5.02. The Hall–Kier alpha value is -2.70. The lowest BCUT2D eigenvalue weighted by atomic mass is 9.73. The van der Waals surface area contributed by atoms with Gasteiger partial charge in [-0.15, -0.1) is 0 Å². The lowest BCUT2D eigenvalue weighted by Crippen LogP contribution is -2.48. The third-order valence-electron chi connectivity index (χ3n) is 5.70. The van der Waals surface area contributed by atoms with E-state index in [-0.39, 0.29) is 17.7 Å². The molecule has 156 valence electrons. The highest BCUT2D eigenvalue weighted by molar-refractivity contribution is 5.79. The standard InChI is InChI=1S/C22H28FN3O3/c1-3-29-21(28)22(16-18-5-4-6-19(23)15-18)8-12-26(13-9-22)20(27)7-11-25-14-10-24-17(25)2/h4-6,10,14-15H,3,7-9,11-13,16H2,1-2H3. The number of ether oxygens (including phenoxy) is 1. The Balaban J connectivity index is 1.64. The van der Waals surface area contributed by atoms with Gasteiger partial charge in [-0.2, -0.15) is 0 Å². The van der Waals surface area contributed by atoms with E-state index in [9.17, 15) is 14.0 Å². The van der Waals surface area contributed by atoms with Crippen molar-refractivity contribution in [3.63, 3.8) is 0 Å². The average Bonchev–Trinajstić information content (AvgIpc) is 3.11. The molecule has 1 saturated heterocycles. The zero-order valence-corrected chi connectivity index (χ0v) is 17.1. The minimum atomic E-state index is -0.721. The number of piperidine rings is 1. The van der Waals surface area contributed by atoms with E-state index < -0.39 is 5.41 Å². The molecule has 6 nitrogen and oxygen atoms in total. The van der Waals surface area contributed by atoms with Gasteiger partial charge in [0.25, 0.3) is 0 Å². The van der Waals surface area contributed by atoms with Crippen LogP contribution in [0.2, 0.25) is 0 Å². The van der Waals surface area contributed by atoms with Crippen molar-refractivity contribution in [2.45, 2.75) is 46.1 Å². The molecule has 0 saturated carbocycles. The number of halogens is 1. The smallest absolute Gasteiger partial charge is 0.312 e. The fourth-order valence-corrected chi connectivity index (χ4v) is 3.97. The van der Waals surface area contributed by atoms with Crippen molar-refractivity contribution in [3.8, 4) is 0 Å². The molecule has 1 amide bonds. The van der Waals surface area contributed by atoms with E-state index in [0.29, 0.717) is 51.9 Å². The van der Waals surface area contributed by atoms with Gasteiger partial charge in [-0.05, 0) is 50.8 Å². The maximum absolute atomic E-state index is 13.6. The van der Waals surface area contributed by atoms with Crippen molar-refractivity contribution >= 4 is 11.9 Å². The van der Waals surface area contributed by atoms with Gasteiger partial charge in [-0.1, -0.05) is 12.1 Å². The Morgan fingerprint density at radius 2 is 2.03 bits per heavy atom. The molecule has 1 aromatic carbocycles. The van der Waals surface area contributed by atoms with Crippen molar-refractivity contribution in [2.24, 2.45) is 5.41 Å². The van der Waals surface area contributed by atoms with Gasteiger partial charge in [-0.25, -0.2) is 9.37 Å². The zero-order valence-electron chi connectivity index (χ0n) is 17.1. The summed E-state index contributed by atoms with van der Waals surface area (Å²) in [6, 6.07) is 6.34. The van der Waals surface area contributed by atoms with E-state index in [1.807, 2.05) is 28.7 Å². The molecule has 0 atom stereocenters. The van der Waals surface area contributed by atoms with Crippen molar-refractivity contribution in [1.82, 2.24) is 14.5 Å². The van der Waals surface area contributed by atoms with Crippen molar-refractivity contribution < 1.29 is 18.7 Å². The van der Waals surface area contributed by atoms with Gasteiger partial charge in [0.1, 0.15) is 11.6 Å². The van der Waals surface area contributed by atoms with Gasteiger partial charge in [0.05, 0.1) is 12.0 Å². The molecule has 7 heteroatoms. The molecule has 0 aliphatic carbocycles. The molecule has 0 N–H and O–H groups in total. The number of imidazole rings is 1. The van der Waals surface area contributed by atoms with Crippen molar-refractivity contribution in [3.05, 3.63) is 53.9 Å². The molecular weight excluding hydrogens is 373 g/mol. The summed E-state index contributed by atoms with van der Waals surface area (Å²) in [5.74, 6) is 0.378. The molecule has 0 radical (unpaired) electrons. The van der Waals surface area contributed by atoms with Crippen LogP contribution < -0.4 is 0 Å². The average molecular weight is 401 g/mol. The minimum absolute atomic E-state index is 0.0707. The lowest BCUT2D eigenvalue weighted by Gasteiger charge is -2.40. The predicted octanol–water partition coefficient (Wildman–Crippen LogP) is 3.14. The monoisotopic (exact) mass is 401 g/mol. The Morgan fingerprint density at radius 1 is 1.28 bits per heavy atom. The Labute approximate surface area is 170 Å². The Kier molecular flexibility index (Phi) is 6.67. The maximum Gasteiger partial charge on any atom is 0.312 e. The van der Waals surface area contributed by atoms with Gasteiger partial charge >= 0.3 is 5.97 Å². The summed E-state index contributed by atoms with van der Waals surface area (Å²) in [4.78, 5) is 31.4. The molecule has 3 rings (SSSR count). The Morgan fingerprint density at radius 3 is 2.66 bits per heavy atom. The highest BCUT2D eigenvalue weighted by atomic mass is 19.1. The van der Waals surface area contributed by atoms with E-state index in [1.165, 1.54) is 12.1 Å². The highest BCUT2D eigenvalue weighted by Gasteiger charge is 2.43.